The van der Waals surface area contributed by atoms with Crippen molar-refractivity contribution in [2.45, 2.75) is 111 Å². The van der Waals surface area contributed by atoms with E-state index in [0.717, 1.165) is 37.7 Å². The van der Waals surface area contributed by atoms with Crippen LogP contribution >= 0.6 is 0 Å². The van der Waals surface area contributed by atoms with Gasteiger partial charge in [-0.05, 0) is 51.5 Å². The first kappa shape index (κ1) is 30.8. The molecule has 0 bridgehead atoms. The number of rotatable bonds is 14. The standard InChI is InChI=1S/C30H48N2O5/c1-7-8-10-16-24(19-26(33)37-30(4,5)6)28(34)31-27(22(2)3)29(35)32-18-13-17-25(32)21-36-20-23-14-11-9-12-15-23/h9,11-12,14-15,22,24-25,27H,7-8,10,13,16-21H2,1-6H3,(H,31,34)/t24-,25+,27?/m1/s1. The van der Waals surface area contributed by atoms with Crippen LogP contribution in [-0.4, -0.2) is 53.5 Å². The van der Waals surface area contributed by atoms with E-state index in [4.69, 9.17) is 9.47 Å². The zero-order valence-electron chi connectivity index (χ0n) is 23.8. The number of hydrogen-bond acceptors (Lipinski definition) is 5. The molecule has 1 aliphatic heterocycles. The van der Waals surface area contributed by atoms with Crippen LogP contribution in [0.4, 0.5) is 0 Å². The van der Waals surface area contributed by atoms with E-state index < -0.39 is 17.6 Å². The molecule has 208 valence electrons. The smallest absolute Gasteiger partial charge is 0.307 e. The van der Waals surface area contributed by atoms with Crippen molar-refractivity contribution in [2.75, 3.05) is 13.2 Å². The highest BCUT2D eigenvalue weighted by Gasteiger charge is 2.36. The SMILES string of the molecule is CCCCC[C@H](CC(=O)OC(C)(C)C)C(=O)NC(C(=O)N1CCC[C@H]1COCc1ccccc1)C(C)C. The second kappa shape index (κ2) is 15.1. The lowest BCUT2D eigenvalue weighted by Gasteiger charge is -2.32. The van der Waals surface area contributed by atoms with E-state index in [2.05, 4.69) is 12.2 Å². The minimum Gasteiger partial charge on any atom is -0.460 e. The van der Waals surface area contributed by atoms with Crippen molar-refractivity contribution < 1.29 is 23.9 Å². The van der Waals surface area contributed by atoms with Crippen LogP contribution in [0.5, 0.6) is 0 Å². The number of nitrogens with zero attached hydrogens (tertiary/aromatic N) is 1. The van der Waals surface area contributed by atoms with E-state index in [0.29, 0.717) is 26.2 Å². The van der Waals surface area contributed by atoms with Gasteiger partial charge in [-0.1, -0.05) is 70.4 Å². The molecule has 7 heteroatoms. The molecule has 1 N–H and O–H groups in total. The predicted molar refractivity (Wildman–Crippen MR) is 146 cm³/mol. The van der Waals surface area contributed by atoms with Crippen LogP contribution in [0.25, 0.3) is 0 Å². The zero-order valence-corrected chi connectivity index (χ0v) is 23.8. The van der Waals surface area contributed by atoms with Crippen LogP contribution in [0.2, 0.25) is 0 Å². The van der Waals surface area contributed by atoms with E-state index in [1.807, 2.05) is 69.9 Å². The average Bonchev–Trinajstić information content (AvgIpc) is 3.29. The minimum absolute atomic E-state index is 0.00326. The number of nitrogens with one attached hydrogen (secondary N) is 1. The summed E-state index contributed by atoms with van der Waals surface area (Å²) in [4.78, 5) is 41.4. The molecule has 0 aromatic heterocycles. The molecule has 0 radical (unpaired) electrons. The summed E-state index contributed by atoms with van der Waals surface area (Å²) < 4.78 is 11.4. The predicted octanol–water partition coefficient (Wildman–Crippen LogP) is 5.26. The number of ether oxygens (including phenoxy) is 2. The average molecular weight is 517 g/mol. The number of amides is 2. The first-order valence-electron chi connectivity index (χ1n) is 14.0. The van der Waals surface area contributed by atoms with Gasteiger partial charge in [-0.3, -0.25) is 14.4 Å². The van der Waals surface area contributed by atoms with Crippen molar-refractivity contribution in [3.05, 3.63) is 35.9 Å². The summed E-state index contributed by atoms with van der Waals surface area (Å²) in [6.45, 7) is 13.1. The molecule has 37 heavy (non-hydrogen) atoms. The lowest BCUT2D eigenvalue weighted by molar-refractivity contribution is -0.157. The van der Waals surface area contributed by atoms with E-state index in [9.17, 15) is 14.4 Å². The molecule has 2 rings (SSSR count). The van der Waals surface area contributed by atoms with Crippen LogP contribution in [0.15, 0.2) is 30.3 Å². The Morgan fingerprint density at radius 3 is 2.43 bits per heavy atom. The summed E-state index contributed by atoms with van der Waals surface area (Å²) >= 11 is 0. The van der Waals surface area contributed by atoms with Gasteiger partial charge in [0.05, 0.1) is 25.7 Å². The van der Waals surface area contributed by atoms with Crippen molar-refractivity contribution in [2.24, 2.45) is 11.8 Å². The number of esters is 1. The van der Waals surface area contributed by atoms with Gasteiger partial charge in [0.1, 0.15) is 11.6 Å². The highest BCUT2D eigenvalue weighted by Crippen LogP contribution is 2.23. The van der Waals surface area contributed by atoms with Crippen LogP contribution in [0.1, 0.15) is 92.1 Å². The van der Waals surface area contributed by atoms with Crippen LogP contribution < -0.4 is 5.32 Å². The Balaban J connectivity index is 2.02. The van der Waals surface area contributed by atoms with Crippen LogP contribution in [0.3, 0.4) is 0 Å². The van der Waals surface area contributed by atoms with Gasteiger partial charge in [0, 0.05) is 12.5 Å². The third kappa shape index (κ3) is 10.8. The molecule has 1 aromatic carbocycles. The highest BCUT2D eigenvalue weighted by atomic mass is 16.6. The molecular weight excluding hydrogens is 468 g/mol. The molecule has 1 unspecified atom stereocenters. The number of carbonyl (C=O) groups is 3. The van der Waals surface area contributed by atoms with Gasteiger partial charge >= 0.3 is 5.97 Å². The first-order valence-corrected chi connectivity index (χ1v) is 14.0. The maximum Gasteiger partial charge on any atom is 0.307 e. The molecule has 0 spiro atoms. The summed E-state index contributed by atoms with van der Waals surface area (Å²) in [6, 6.07) is 9.34. The van der Waals surface area contributed by atoms with E-state index in [1.54, 1.807) is 0 Å². The molecule has 1 aliphatic rings. The summed E-state index contributed by atoms with van der Waals surface area (Å²) in [5.41, 5.74) is 0.496. The normalized spacial score (nSPS) is 17.5. The Kier molecular flexibility index (Phi) is 12.6. The van der Waals surface area contributed by atoms with Crippen molar-refractivity contribution in [3.63, 3.8) is 0 Å². The monoisotopic (exact) mass is 516 g/mol. The fraction of sp³-hybridized carbons (Fsp3) is 0.700. The molecular formula is C30H48N2O5. The van der Waals surface area contributed by atoms with Gasteiger partial charge in [0.15, 0.2) is 0 Å². The lowest BCUT2D eigenvalue weighted by Crippen LogP contribution is -2.54. The minimum atomic E-state index is -0.644. The molecule has 1 heterocycles. The summed E-state index contributed by atoms with van der Waals surface area (Å²) in [5.74, 6) is -1.30. The van der Waals surface area contributed by atoms with Gasteiger partial charge in [-0.25, -0.2) is 0 Å². The van der Waals surface area contributed by atoms with Gasteiger partial charge in [-0.15, -0.1) is 0 Å². The number of carbonyl (C=O) groups excluding carboxylic acids is 3. The number of likely N-dealkylation sites (tertiary alicyclic amines) is 1. The highest BCUT2D eigenvalue weighted by molar-refractivity contribution is 5.90. The number of unbranched alkanes of at least 4 members (excludes halogenated alkanes) is 2. The summed E-state index contributed by atoms with van der Waals surface area (Å²) in [6.07, 6.45) is 5.28. The molecule has 2 amide bonds. The van der Waals surface area contributed by atoms with Gasteiger partial charge < -0.3 is 19.7 Å². The van der Waals surface area contributed by atoms with Crippen LogP contribution in [0, 0.1) is 11.8 Å². The fourth-order valence-electron chi connectivity index (χ4n) is 4.70. The van der Waals surface area contributed by atoms with E-state index in [1.165, 1.54) is 0 Å². The van der Waals surface area contributed by atoms with Crippen molar-refractivity contribution in [1.29, 1.82) is 0 Å². The van der Waals surface area contributed by atoms with Crippen LogP contribution in [-0.2, 0) is 30.5 Å². The third-order valence-electron chi connectivity index (χ3n) is 6.67. The second-order valence-electron chi connectivity index (χ2n) is 11.5. The van der Waals surface area contributed by atoms with E-state index in [-0.39, 0.29) is 36.2 Å². The van der Waals surface area contributed by atoms with Gasteiger partial charge in [-0.2, -0.15) is 0 Å². The fourth-order valence-corrected chi connectivity index (χ4v) is 4.70. The quantitative estimate of drug-likeness (QED) is 0.269. The Morgan fingerprint density at radius 2 is 1.81 bits per heavy atom. The summed E-state index contributed by atoms with van der Waals surface area (Å²) in [7, 11) is 0. The second-order valence-corrected chi connectivity index (χ2v) is 11.5. The number of hydrogen-bond donors (Lipinski definition) is 1. The third-order valence-corrected chi connectivity index (χ3v) is 6.67. The Labute approximate surface area is 223 Å². The van der Waals surface area contributed by atoms with Crippen molar-refractivity contribution in [1.82, 2.24) is 10.2 Å². The molecule has 1 aromatic rings. The Morgan fingerprint density at radius 1 is 1.11 bits per heavy atom. The maximum atomic E-state index is 13.6. The molecule has 3 atom stereocenters. The molecule has 0 saturated carbocycles. The zero-order chi connectivity index (χ0) is 27.4. The number of benzene rings is 1. The van der Waals surface area contributed by atoms with E-state index >= 15 is 0 Å². The molecule has 1 fully saturated rings. The Hall–Kier alpha value is -2.41. The first-order chi connectivity index (χ1) is 17.5. The summed E-state index contributed by atoms with van der Waals surface area (Å²) in [5, 5.41) is 3.01. The maximum absolute atomic E-state index is 13.6. The van der Waals surface area contributed by atoms with Crippen molar-refractivity contribution in [3.8, 4) is 0 Å². The largest absolute Gasteiger partial charge is 0.460 e. The van der Waals surface area contributed by atoms with Gasteiger partial charge in [0.25, 0.3) is 0 Å². The van der Waals surface area contributed by atoms with Crippen molar-refractivity contribution >= 4 is 17.8 Å². The molecule has 0 aliphatic carbocycles. The molecule has 7 nitrogen and oxygen atoms in total. The topological polar surface area (TPSA) is 84.9 Å². The Bertz CT molecular complexity index is 849. The molecule has 1 saturated heterocycles. The van der Waals surface area contributed by atoms with Gasteiger partial charge in [0.2, 0.25) is 11.8 Å². The lowest BCUT2D eigenvalue weighted by atomic mass is 9.94.